The highest BCUT2D eigenvalue weighted by atomic mass is 16.4. The molecule has 0 amide bonds. The number of aliphatic carboxylic acids is 1. The molecule has 0 aromatic rings. The summed E-state index contributed by atoms with van der Waals surface area (Å²) in [7, 11) is 2.33. The Labute approximate surface area is 166 Å². The van der Waals surface area contributed by atoms with E-state index in [-0.39, 0.29) is 6.10 Å². The van der Waals surface area contributed by atoms with Crippen molar-refractivity contribution >= 4 is 13.8 Å². The van der Waals surface area contributed by atoms with E-state index in [0.29, 0.717) is 52.7 Å². The van der Waals surface area contributed by atoms with Crippen LogP contribution in [0.2, 0.25) is 5.82 Å². The number of carboxylic acid groups (broad SMARTS) is 1. The molecule has 0 spiro atoms. The molecule has 4 aliphatic carbocycles. The second-order valence-corrected chi connectivity index (χ2v) is 11.1. The summed E-state index contributed by atoms with van der Waals surface area (Å²) < 4.78 is 0. The molecule has 3 nitrogen and oxygen atoms in total. The van der Waals surface area contributed by atoms with Crippen molar-refractivity contribution in [3.8, 4) is 0 Å². The first-order valence-electron chi connectivity index (χ1n) is 11.7. The summed E-state index contributed by atoms with van der Waals surface area (Å²) in [4.78, 5) is 10.9. The molecule has 4 saturated carbocycles. The van der Waals surface area contributed by atoms with Gasteiger partial charge in [-0.3, -0.25) is 4.79 Å². The molecule has 4 fully saturated rings. The van der Waals surface area contributed by atoms with E-state index >= 15 is 0 Å². The minimum absolute atomic E-state index is 0.131. The third kappa shape index (κ3) is 3.00. The molecule has 0 bridgehead atoms. The van der Waals surface area contributed by atoms with E-state index in [2.05, 4.69) is 21.7 Å². The molecule has 0 radical (unpaired) electrons. The van der Waals surface area contributed by atoms with Crippen LogP contribution < -0.4 is 0 Å². The van der Waals surface area contributed by atoms with Crippen LogP contribution >= 0.6 is 0 Å². The number of carboxylic acids is 1. The predicted octanol–water partition coefficient (Wildman–Crippen LogP) is 4.29. The van der Waals surface area contributed by atoms with Crippen molar-refractivity contribution in [2.75, 3.05) is 0 Å². The Morgan fingerprint density at radius 2 is 1.74 bits per heavy atom. The molecule has 0 heterocycles. The normalized spacial score (nSPS) is 51.9. The molecular formula is C23H39BO3. The monoisotopic (exact) mass is 374 g/mol. The molecule has 9 atom stereocenters. The van der Waals surface area contributed by atoms with Crippen LogP contribution in [0.15, 0.2) is 0 Å². The van der Waals surface area contributed by atoms with Gasteiger partial charge in [-0.05, 0) is 91.2 Å². The standard InChI is InChI=1S/C23H39BO3/c1-22-13-11-16-19(15(22)10-9-14(22)6-5-8-18(25)26)21(27)20(24)17-7-3-4-12-23(16,17)2/h14-17,19-21,27H,3-13,24H2,1-2H3,(H,25,26)/t14?,15?,16?,17?,19?,20-,21?,22?,23?/m0/s1. The third-order valence-electron chi connectivity index (χ3n) is 10.2. The van der Waals surface area contributed by atoms with E-state index in [1.54, 1.807) is 0 Å². The second kappa shape index (κ2) is 7.08. The summed E-state index contributed by atoms with van der Waals surface area (Å²) in [6.07, 6.45) is 12.5. The van der Waals surface area contributed by atoms with Crippen molar-refractivity contribution in [1.82, 2.24) is 0 Å². The molecule has 2 N–H and O–H groups in total. The van der Waals surface area contributed by atoms with Crippen molar-refractivity contribution < 1.29 is 15.0 Å². The molecule has 8 unspecified atom stereocenters. The first-order valence-corrected chi connectivity index (χ1v) is 11.7. The van der Waals surface area contributed by atoms with Crippen molar-refractivity contribution in [2.24, 2.45) is 40.4 Å². The average Bonchev–Trinajstić information content (AvgIpc) is 2.95. The second-order valence-electron chi connectivity index (χ2n) is 11.1. The Hall–Kier alpha value is -0.505. The van der Waals surface area contributed by atoms with E-state index in [0.717, 1.165) is 12.8 Å². The highest BCUT2D eigenvalue weighted by Crippen LogP contribution is 2.69. The van der Waals surface area contributed by atoms with E-state index in [1.165, 1.54) is 51.4 Å². The van der Waals surface area contributed by atoms with Crippen molar-refractivity contribution in [3.05, 3.63) is 0 Å². The van der Waals surface area contributed by atoms with Gasteiger partial charge in [0.2, 0.25) is 0 Å². The molecule has 27 heavy (non-hydrogen) atoms. The van der Waals surface area contributed by atoms with Gasteiger partial charge < -0.3 is 10.2 Å². The smallest absolute Gasteiger partial charge is 0.303 e. The fourth-order valence-electron chi connectivity index (χ4n) is 8.82. The van der Waals surface area contributed by atoms with Gasteiger partial charge in [0.1, 0.15) is 7.85 Å². The predicted molar refractivity (Wildman–Crippen MR) is 110 cm³/mol. The van der Waals surface area contributed by atoms with Gasteiger partial charge in [-0.15, -0.1) is 0 Å². The summed E-state index contributed by atoms with van der Waals surface area (Å²) in [5.41, 5.74) is 0.753. The Morgan fingerprint density at radius 1 is 1.00 bits per heavy atom. The van der Waals surface area contributed by atoms with Gasteiger partial charge in [0.05, 0.1) is 6.10 Å². The highest BCUT2D eigenvalue weighted by Gasteiger charge is 2.63. The zero-order chi connectivity index (χ0) is 19.4. The van der Waals surface area contributed by atoms with Gasteiger partial charge in [-0.2, -0.15) is 0 Å². The molecule has 4 aliphatic rings. The zero-order valence-electron chi connectivity index (χ0n) is 17.6. The van der Waals surface area contributed by atoms with Crippen LogP contribution in [0.5, 0.6) is 0 Å². The van der Waals surface area contributed by atoms with E-state index in [1.807, 2.05) is 0 Å². The number of hydrogen-bond acceptors (Lipinski definition) is 2. The summed E-state index contributed by atoms with van der Waals surface area (Å²) in [6, 6.07) is 0. The first kappa shape index (κ1) is 19.8. The zero-order valence-corrected chi connectivity index (χ0v) is 17.6. The lowest BCUT2D eigenvalue weighted by Gasteiger charge is -2.64. The van der Waals surface area contributed by atoms with Crippen molar-refractivity contribution in [1.29, 1.82) is 0 Å². The Balaban J connectivity index is 1.57. The lowest BCUT2D eigenvalue weighted by molar-refractivity contribution is -0.161. The van der Waals surface area contributed by atoms with Crippen LogP contribution in [0.1, 0.15) is 84.5 Å². The fraction of sp³-hybridized carbons (Fsp3) is 0.957. The van der Waals surface area contributed by atoms with Crippen LogP contribution in [0.4, 0.5) is 0 Å². The quantitative estimate of drug-likeness (QED) is 0.722. The number of aliphatic hydroxyl groups excluding tert-OH is 1. The van der Waals surface area contributed by atoms with E-state index < -0.39 is 5.97 Å². The fourth-order valence-corrected chi connectivity index (χ4v) is 8.82. The van der Waals surface area contributed by atoms with Gasteiger partial charge in [-0.25, -0.2) is 0 Å². The van der Waals surface area contributed by atoms with Gasteiger partial charge >= 0.3 is 5.97 Å². The number of aliphatic hydroxyl groups is 1. The summed E-state index contributed by atoms with van der Waals surface area (Å²) in [5.74, 6) is 2.95. The average molecular weight is 374 g/mol. The lowest BCUT2D eigenvalue weighted by Crippen LogP contribution is -2.59. The molecule has 4 heteroatoms. The maximum Gasteiger partial charge on any atom is 0.303 e. The maximum atomic E-state index is 11.4. The van der Waals surface area contributed by atoms with Crippen LogP contribution in [-0.4, -0.2) is 30.1 Å². The summed E-state index contributed by atoms with van der Waals surface area (Å²) in [5, 5.41) is 20.5. The maximum absolute atomic E-state index is 11.4. The van der Waals surface area contributed by atoms with Crippen molar-refractivity contribution in [2.45, 2.75) is 96.4 Å². The molecule has 4 rings (SSSR count). The topological polar surface area (TPSA) is 57.5 Å². The molecule has 0 saturated heterocycles. The Bertz CT molecular complexity index is 580. The minimum Gasteiger partial charge on any atom is -0.481 e. The number of hydrogen-bond donors (Lipinski definition) is 2. The van der Waals surface area contributed by atoms with Gasteiger partial charge in [0.15, 0.2) is 0 Å². The largest absolute Gasteiger partial charge is 0.481 e. The number of rotatable bonds is 4. The molecule has 0 aliphatic heterocycles. The minimum atomic E-state index is -0.661. The summed E-state index contributed by atoms with van der Waals surface area (Å²) >= 11 is 0. The van der Waals surface area contributed by atoms with Crippen molar-refractivity contribution in [3.63, 3.8) is 0 Å². The van der Waals surface area contributed by atoms with Gasteiger partial charge in [0, 0.05) is 6.42 Å². The molecule has 0 aromatic carbocycles. The third-order valence-corrected chi connectivity index (χ3v) is 10.2. The Morgan fingerprint density at radius 3 is 2.48 bits per heavy atom. The molecule has 152 valence electrons. The molecule has 0 aromatic heterocycles. The number of carbonyl (C=O) groups is 1. The lowest BCUT2D eigenvalue weighted by atomic mass is 9.39. The molecular weight excluding hydrogens is 335 g/mol. The van der Waals surface area contributed by atoms with E-state index in [4.69, 9.17) is 5.11 Å². The SMILES string of the molecule is B[C@@H]1C(O)C2C3CCC(CCCC(=O)O)C3(C)CCC2C2(C)CCCCC12. The number of fused-ring (bicyclic) bond motifs is 5. The summed E-state index contributed by atoms with van der Waals surface area (Å²) in [6.45, 7) is 5.05. The van der Waals surface area contributed by atoms with Gasteiger partial charge in [0.25, 0.3) is 0 Å². The van der Waals surface area contributed by atoms with Gasteiger partial charge in [-0.1, -0.05) is 33.1 Å². The van der Waals surface area contributed by atoms with Crippen LogP contribution in [-0.2, 0) is 4.79 Å². The highest BCUT2D eigenvalue weighted by molar-refractivity contribution is 6.12. The first-order chi connectivity index (χ1) is 12.8. The Kier molecular flexibility index (Phi) is 5.19. The van der Waals surface area contributed by atoms with Crippen LogP contribution in [0.25, 0.3) is 0 Å². The van der Waals surface area contributed by atoms with Crippen LogP contribution in [0.3, 0.4) is 0 Å². The van der Waals surface area contributed by atoms with E-state index in [9.17, 15) is 9.90 Å². The van der Waals surface area contributed by atoms with Crippen LogP contribution in [0, 0.1) is 40.4 Å².